The first kappa shape index (κ1) is 19.3. The Balaban J connectivity index is 1.52. The number of amides is 3. The highest BCUT2D eigenvalue weighted by Crippen LogP contribution is 2.28. The average Bonchev–Trinajstić information content (AvgIpc) is 2.91. The lowest BCUT2D eigenvalue weighted by Crippen LogP contribution is -2.41. The average molecular weight is 386 g/mol. The summed E-state index contributed by atoms with van der Waals surface area (Å²) in [6.45, 7) is 0.851. The van der Waals surface area contributed by atoms with E-state index >= 15 is 0 Å². The monoisotopic (exact) mass is 386 g/mol. The Morgan fingerprint density at radius 1 is 1.07 bits per heavy atom. The molecule has 1 saturated heterocycles. The maximum Gasteiger partial charge on any atom is 0.326 e. The fraction of sp³-hybridized carbons (Fsp3) is 0.250. The van der Waals surface area contributed by atoms with Crippen molar-refractivity contribution in [2.45, 2.75) is 12.5 Å². The fourth-order valence-electron chi connectivity index (χ4n) is 2.85. The topological polar surface area (TPSA) is 84.9 Å². The standard InChI is InChI=1S/C20H19FN2O5/c1-20(14-7-3-2-4-8-14)18(25)23(19(26)22-20)13-17(24)28-12-11-27-16-10-6-5-9-15(16)21/h2-10H,11-13H2,1H3,(H,22,26)/t20-/m1/s1. The molecule has 1 N–H and O–H groups in total. The molecule has 1 fully saturated rings. The molecular weight excluding hydrogens is 367 g/mol. The van der Waals surface area contributed by atoms with E-state index in [0.29, 0.717) is 5.56 Å². The predicted molar refractivity (Wildman–Crippen MR) is 96.9 cm³/mol. The number of nitrogens with one attached hydrogen (secondary N) is 1. The van der Waals surface area contributed by atoms with Gasteiger partial charge >= 0.3 is 12.0 Å². The summed E-state index contributed by atoms with van der Waals surface area (Å²) in [5.41, 5.74) is -0.630. The number of esters is 1. The Kier molecular flexibility index (Phi) is 5.58. The minimum absolute atomic E-state index is 0.0475. The van der Waals surface area contributed by atoms with E-state index in [1.807, 2.05) is 0 Å². The molecule has 2 aromatic rings. The molecule has 28 heavy (non-hydrogen) atoms. The third-order valence-corrected chi connectivity index (χ3v) is 4.35. The second-order valence-corrected chi connectivity index (χ2v) is 6.31. The second kappa shape index (κ2) is 8.08. The third-order valence-electron chi connectivity index (χ3n) is 4.35. The van der Waals surface area contributed by atoms with Crippen molar-refractivity contribution >= 4 is 17.9 Å². The molecule has 1 aliphatic heterocycles. The van der Waals surface area contributed by atoms with E-state index in [2.05, 4.69) is 5.32 Å². The summed E-state index contributed by atoms with van der Waals surface area (Å²) in [5, 5.41) is 2.61. The molecule has 0 aliphatic carbocycles. The summed E-state index contributed by atoms with van der Waals surface area (Å²) >= 11 is 0. The Labute approximate surface area is 161 Å². The zero-order chi connectivity index (χ0) is 20.1. The molecule has 1 heterocycles. The van der Waals surface area contributed by atoms with E-state index in [9.17, 15) is 18.8 Å². The van der Waals surface area contributed by atoms with Gasteiger partial charge in [-0.1, -0.05) is 42.5 Å². The Bertz CT molecular complexity index is 889. The number of urea groups is 1. The molecule has 0 unspecified atom stereocenters. The number of para-hydroxylation sites is 1. The number of carbonyl (C=O) groups excluding carboxylic acids is 3. The van der Waals surface area contributed by atoms with Crippen LogP contribution in [0.15, 0.2) is 54.6 Å². The fourth-order valence-corrected chi connectivity index (χ4v) is 2.85. The number of nitrogens with zero attached hydrogens (tertiary/aromatic N) is 1. The Morgan fingerprint density at radius 3 is 2.46 bits per heavy atom. The van der Waals surface area contributed by atoms with Gasteiger partial charge in [-0.05, 0) is 24.6 Å². The number of imide groups is 1. The number of rotatable bonds is 7. The SMILES string of the molecule is C[C@]1(c2ccccc2)NC(=O)N(CC(=O)OCCOc2ccccc2F)C1=O. The molecule has 1 aliphatic rings. The molecule has 8 heteroatoms. The van der Waals surface area contributed by atoms with Crippen LogP contribution >= 0.6 is 0 Å². The quantitative estimate of drug-likeness (QED) is 0.448. The summed E-state index contributed by atoms with van der Waals surface area (Å²) in [4.78, 5) is 37.7. The van der Waals surface area contributed by atoms with E-state index in [0.717, 1.165) is 4.90 Å². The van der Waals surface area contributed by atoms with Gasteiger partial charge in [0.2, 0.25) is 0 Å². The third kappa shape index (κ3) is 3.95. The molecule has 0 saturated carbocycles. The minimum Gasteiger partial charge on any atom is -0.487 e. The molecule has 146 valence electrons. The maximum absolute atomic E-state index is 13.4. The summed E-state index contributed by atoms with van der Waals surface area (Å²) < 4.78 is 23.6. The van der Waals surface area contributed by atoms with Gasteiger partial charge in [0.1, 0.15) is 25.3 Å². The van der Waals surface area contributed by atoms with Gasteiger partial charge < -0.3 is 14.8 Å². The molecular formula is C20H19FN2O5. The molecule has 0 aromatic heterocycles. The number of benzene rings is 2. The van der Waals surface area contributed by atoms with Gasteiger partial charge in [-0.15, -0.1) is 0 Å². The zero-order valence-corrected chi connectivity index (χ0v) is 15.2. The van der Waals surface area contributed by atoms with Crippen molar-refractivity contribution in [2.75, 3.05) is 19.8 Å². The molecule has 0 bridgehead atoms. The molecule has 0 spiro atoms. The van der Waals surface area contributed by atoms with Crippen LogP contribution in [0, 0.1) is 5.82 Å². The molecule has 3 amide bonds. The van der Waals surface area contributed by atoms with Crippen molar-refractivity contribution in [3.8, 4) is 5.75 Å². The van der Waals surface area contributed by atoms with Crippen molar-refractivity contribution < 1.29 is 28.2 Å². The van der Waals surface area contributed by atoms with Crippen molar-refractivity contribution in [1.29, 1.82) is 0 Å². The van der Waals surface area contributed by atoms with Gasteiger partial charge in [-0.25, -0.2) is 9.18 Å². The highest BCUT2D eigenvalue weighted by molar-refractivity contribution is 6.08. The number of ether oxygens (including phenoxy) is 2. The minimum atomic E-state index is -1.24. The van der Waals surface area contributed by atoms with Crippen LogP contribution in [-0.4, -0.2) is 42.6 Å². The lowest BCUT2D eigenvalue weighted by Gasteiger charge is -2.21. The summed E-state index contributed by atoms with van der Waals surface area (Å²) in [6.07, 6.45) is 0. The predicted octanol–water partition coefficient (Wildman–Crippen LogP) is 2.21. The van der Waals surface area contributed by atoms with Crippen molar-refractivity contribution in [2.24, 2.45) is 0 Å². The van der Waals surface area contributed by atoms with E-state index in [1.54, 1.807) is 43.3 Å². The molecule has 7 nitrogen and oxygen atoms in total. The lowest BCUT2D eigenvalue weighted by molar-refractivity contribution is -0.148. The lowest BCUT2D eigenvalue weighted by atomic mass is 9.92. The second-order valence-electron chi connectivity index (χ2n) is 6.31. The first-order valence-corrected chi connectivity index (χ1v) is 8.64. The first-order chi connectivity index (χ1) is 13.4. The van der Waals surface area contributed by atoms with Gasteiger partial charge in [-0.2, -0.15) is 0 Å². The molecule has 0 radical (unpaired) electrons. The van der Waals surface area contributed by atoms with Crippen LogP contribution in [0.5, 0.6) is 5.75 Å². The zero-order valence-electron chi connectivity index (χ0n) is 15.2. The molecule has 3 rings (SSSR count). The number of hydrogen-bond acceptors (Lipinski definition) is 5. The summed E-state index contributed by atoms with van der Waals surface area (Å²) in [5.74, 6) is -1.78. The normalized spacial score (nSPS) is 18.7. The van der Waals surface area contributed by atoms with Crippen molar-refractivity contribution in [3.05, 3.63) is 66.0 Å². The largest absolute Gasteiger partial charge is 0.487 e. The highest BCUT2D eigenvalue weighted by atomic mass is 19.1. The van der Waals surface area contributed by atoms with Crippen LogP contribution in [0.1, 0.15) is 12.5 Å². The highest BCUT2D eigenvalue weighted by Gasteiger charge is 2.49. The molecule has 2 aromatic carbocycles. The van der Waals surface area contributed by atoms with Gasteiger partial charge in [0.05, 0.1) is 0 Å². The smallest absolute Gasteiger partial charge is 0.326 e. The molecule has 1 atom stereocenters. The van der Waals surface area contributed by atoms with Gasteiger partial charge in [0.15, 0.2) is 11.6 Å². The van der Waals surface area contributed by atoms with Gasteiger partial charge in [0.25, 0.3) is 5.91 Å². The summed E-state index contributed by atoms with van der Waals surface area (Å²) in [7, 11) is 0. The van der Waals surface area contributed by atoms with Crippen LogP contribution in [0.3, 0.4) is 0 Å². The summed E-state index contributed by atoms with van der Waals surface area (Å²) in [6, 6.07) is 13.9. The number of halogens is 1. The number of hydrogen-bond donors (Lipinski definition) is 1. The first-order valence-electron chi connectivity index (χ1n) is 8.64. The van der Waals surface area contributed by atoms with E-state index in [4.69, 9.17) is 9.47 Å². The van der Waals surface area contributed by atoms with Crippen LogP contribution < -0.4 is 10.1 Å². The van der Waals surface area contributed by atoms with Crippen LogP contribution in [0.2, 0.25) is 0 Å². The van der Waals surface area contributed by atoms with Crippen LogP contribution in [0.25, 0.3) is 0 Å². The van der Waals surface area contributed by atoms with Gasteiger partial charge in [0, 0.05) is 0 Å². The van der Waals surface area contributed by atoms with Crippen molar-refractivity contribution in [1.82, 2.24) is 10.2 Å². The Morgan fingerprint density at radius 2 is 1.75 bits per heavy atom. The van der Waals surface area contributed by atoms with E-state index in [1.165, 1.54) is 18.2 Å². The van der Waals surface area contributed by atoms with Crippen molar-refractivity contribution in [3.63, 3.8) is 0 Å². The van der Waals surface area contributed by atoms with E-state index in [-0.39, 0.29) is 19.0 Å². The Hall–Kier alpha value is -3.42. The van der Waals surface area contributed by atoms with Gasteiger partial charge in [-0.3, -0.25) is 14.5 Å². The van der Waals surface area contributed by atoms with Crippen LogP contribution in [-0.2, 0) is 19.9 Å². The maximum atomic E-state index is 13.4. The van der Waals surface area contributed by atoms with E-state index < -0.39 is 35.8 Å². The number of carbonyl (C=O) groups is 3. The van der Waals surface area contributed by atoms with Crippen LogP contribution in [0.4, 0.5) is 9.18 Å².